The summed E-state index contributed by atoms with van der Waals surface area (Å²) in [6, 6.07) is 14.0. The van der Waals surface area contributed by atoms with Crippen molar-refractivity contribution in [2.75, 3.05) is 6.54 Å². The Balaban J connectivity index is 1.42. The summed E-state index contributed by atoms with van der Waals surface area (Å²) in [5, 5.41) is 3.70. The molecular formula is C22H26ClNO2. The molecule has 1 amide bonds. The van der Waals surface area contributed by atoms with Crippen LogP contribution >= 0.6 is 11.6 Å². The number of benzene rings is 2. The molecule has 2 aromatic rings. The van der Waals surface area contributed by atoms with Crippen molar-refractivity contribution in [3.63, 3.8) is 0 Å². The van der Waals surface area contributed by atoms with E-state index in [4.69, 9.17) is 16.3 Å². The highest BCUT2D eigenvalue weighted by Crippen LogP contribution is 2.25. The van der Waals surface area contributed by atoms with E-state index >= 15 is 0 Å². The van der Waals surface area contributed by atoms with E-state index in [0.717, 1.165) is 36.5 Å². The maximum absolute atomic E-state index is 12.2. The molecule has 3 rings (SSSR count). The highest BCUT2D eigenvalue weighted by Gasteiger charge is 2.16. The molecule has 0 bridgehead atoms. The first kappa shape index (κ1) is 18.8. The number of aryl methyl sites for hydroxylation is 3. The molecule has 1 aliphatic carbocycles. The topological polar surface area (TPSA) is 38.3 Å². The molecule has 0 fully saturated rings. The Kier molecular flexibility index (Phi) is 6.56. The number of carbonyl (C=O) groups excluding carboxylic acids is 1. The maximum Gasteiger partial charge on any atom is 0.260 e. The first-order chi connectivity index (χ1) is 12.6. The van der Waals surface area contributed by atoms with Crippen LogP contribution in [0.3, 0.4) is 0 Å². The van der Waals surface area contributed by atoms with Gasteiger partial charge >= 0.3 is 0 Å². The van der Waals surface area contributed by atoms with E-state index in [-0.39, 0.29) is 5.91 Å². The van der Waals surface area contributed by atoms with Crippen LogP contribution in [0.25, 0.3) is 0 Å². The van der Waals surface area contributed by atoms with E-state index in [2.05, 4.69) is 17.4 Å². The molecule has 0 saturated carbocycles. The molecule has 0 spiro atoms. The number of hydrogen-bond acceptors (Lipinski definition) is 2. The molecule has 26 heavy (non-hydrogen) atoms. The lowest BCUT2D eigenvalue weighted by molar-refractivity contribution is -0.127. The fourth-order valence-electron chi connectivity index (χ4n) is 3.34. The zero-order valence-corrected chi connectivity index (χ0v) is 16.0. The van der Waals surface area contributed by atoms with E-state index in [1.54, 1.807) is 6.92 Å². The minimum Gasteiger partial charge on any atom is -0.481 e. The number of halogens is 1. The number of hydrogen-bond donors (Lipinski definition) is 1. The summed E-state index contributed by atoms with van der Waals surface area (Å²) >= 11 is 5.88. The highest BCUT2D eigenvalue weighted by molar-refractivity contribution is 6.30. The van der Waals surface area contributed by atoms with Crippen LogP contribution in [0.4, 0.5) is 0 Å². The van der Waals surface area contributed by atoms with Gasteiger partial charge in [-0.2, -0.15) is 0 Å². The normalized spacial score (nSPS) is 14.4. The van der Waals surface area contributed by atoms with Crippen LogP contribution in [0.5, 0.6) is 5.75 Å². The third-order valence-corrected chi connectivity index (χ3v) is 5.11. The molecule has 4 heteroatoms. The lowest BCUT2D eigenvalue weighted by Crippen LogP contribution is -2.37. The first-order valence-electron chi connectivity index (χ1n) is 9.42. The average Bonchev–Trinajstić information content (AvgIpc) is 2.66. The summed E-state index contributed by atoms with van der Waals surface area (Å²) in [4.78, 5) is 12.2. The van der Waals surface area contributed by atoms with Crippen molar-refractivity contribution < 1.29 is 9.53 Å². The van der Waals surface area contributed by atoms with Crippen molar-refractivity contribution in [2.45, 2.75) is 51.6 Å². The summed E-state index contributed by atoms with van der Waals surface area (Å²) in [7, 11) is 0. The predicted octanol–water partition coefficient (Wildman–Crippen LogP) is 4.74. The number of carbonyl (C=O) groups is 1. The Hall–Kier alpha value is -2.00. The van der Waals surface area contributed by atoms with Gasteiger partial charge in [0.2, 0.25) is 0 Å². The molecule has 0 heterocycles. The summed E-state index contributed by atoms with van der Waals surface area (Å²) in [6.07, 6.45) is 6.07. The standard InChI is InChI=1S/C22H26ClNO2/c1-16(26-21-13-10-18-6-2-3-7-19(18)15-21)22(25)24-14-4-5-17-8-11-20(23)12-9-17/h8-13,15-16H,2-7,14H2,1H3,(H,24,25). The lowest BCUT2D eigenvalue weighted by atomic mass is 9.92. The second-order valence-electron chi connectivity index (χ2n) is 6.92. The number of fused-ring (bicyclic) bond motifs is 1. The molecule has 1 atom stereocenters. The molecule has 1 aliphatic rings. The number of ether oxygens (including phenoxy) is 1. The van der Waals surface area contributed by atoms with Gasteiger partial charge in [0, 0.05) is 11.6 Å². The van der Waals surface area contributed by atoms with Crippen LogP contribution in [-0.4, -0.2) is 18.6 Å². The minimum atomic E-state index is -0.493. The van der Waals surface area contributed by atoms with Crippen molar-refractivity contribution in [2.24, 2.45) is 0 Å². The molecule has 0 saturated heterocycles. The van der Waals surface area contributed by atoms with Gasteiger partial charge in [-0.3, -0.25) is 4.79 Å². The second-order valence-corrected chi connectivity index (χ2v) is 7.36. The third-order valence-electron chi connectivity index (χ3n) is 4.86. The zero-order valence-electron chi connectivity index (χ0n) is 15.3. The van der Waals surface area contributed by atoms with E-state index in [1.807, 2.05) is 30.3 Å². The predicted molar refractivity (Wildman–Crippen MR) is 106 cm³/mol. The molecular weight excluding hydrogens is 346 g/mol. The van der Waals surface area contributed by atoms with Crippen LogP contribution < -0.4 is 10.1 Å². The zero-order chi connectivity index (χ0) is 18.4. The van der Waals surface area contributed by atoms with Crippen LogP contribution in [0.2, 0.25) is 5.02 Å². The Morgan fingerprint density at radius 1 is 1.12 bits per heavy atom. The molecule has 138 valence electrons. The van der Waals surface area contributed by atoms with Gasteiger partial charge in [-0.1, -0.05) is 29.8 Å². The van der Waals surface area contributed by atoms with E-state index in [9.17, 15) is 4.79 Å². The summed E-state index contributed by atoms with van der Waals surface area (Å²) < 4.78 is 5.84. The smallest absolute Gasteiger partial charge is 0.260 e. The largest absolute Gasteiger partial charge is 0.481 e. The van der Waals surface area contributed by atoms with Gasteiger partial charge in [-0.25, -0.2) is 0 Å². The maximum atomic E-state index is 12.2. The molecule has 1 N–H and O–H groups in total. The van der Waals surface area contributed by atoms with Crippen molar-refractivity contribution in [1.82, 2.24) is 5.32 Å². The van der Waals surface area contributed by atoms with Gasteiger partial charge < -0.3 is 10.1 Å². The SMILES string of the molecule is CC(Oc1ccc2c(c1)CCCC2)C(=O)NCCCc1ccc(Cl)cc1. The van der Waals surface area contributed by atoms with Gasteiger partial charge in [0.25, 0.3) is 5.91 Å². The average molecular weight is 372 g/mol. The fourth-order valence-corrected chi connectivity index (χ4v) is 3.47. The number of amides is 1. The molecule has 3 nitrogen and oxygen atoms in total. The lowest BCUT2D eigenvalue weighted by Gasteiger charge is -2.19. The van der Waals surface area contributed by atoms with Crippen LogP contribution in [0.15, 0.2) is 42.5 Å². The van der Waals surface area contributed by atoms with Crippen molar-refractivity contribution >= 4 is 17.5 Å². The Labute approximate surface area is 160 Å². The van der Waals surface area contributed by atoms with Crippen LogP contribution in [0.1, 0.15) is 42.9 Å². The number of rotatable bonds is 7. The second kappa shape index (κ2) is 9.09. The molecule has 0 radical (unpaired) electrons. The van der Waals surface area contributed by atoms with Gasteiger partial charge in [0.15, 0.2) is 6.10 Å². The van der Waals surface area contributed by atoms with Crippen molar-refractivity contribution in [3.05, 3.63) is 64.2 Å². The minimum absolute atomic E-state index is 0.0705. The number of nitrogens with one attached hydrogen (secondary N) is 1. The molecule has 1 unspecified atom stereocenters. The van der Waals surface area contributed by atoms with Gasteiger partial charge in [-0.15, -0.1) is 0 Å². The fraction of sp³-hybridized carbons (Fsp3) is 0.409. The van der Waals surface area contributed by atoms with Crippen LogP contribution in [0, 0.1) is 0 Å². The molecule has 0 aromatic heterocycles. The molecule has 2 aromatic carbocycles. The highest BCUT2D eigenvalue weighted by atomic mass is 35.5. The van der Waals surface area contributed by atoms with E-state index in [0.29, 0.717) is 6.54 Å². The Bertz CT molecular complexity index is 742. The van der Waals surface area contributed by atoms with Crippen molar-refractivity contribution in [1.29, 1.82) is 0 Å². The van der Waals surface area contributed by atoms with E-state index < -0.39 is 6.10 Å². The monoisotopic (exact) mass is 371 g/mol. The van der Waals surface area contributed by atoms with Gasteiger partial charge in [-0.05, 0) is 86.4 Å². The summed E-state index contributed by atoms with van der Waals surface area (Å²) in [5.41, 5.74) is 4.01. The van der Waals surface area contributed by atoms with Crippen molar-refractivity contribution in [3.8, 4) is 5.75 Å². The van der Waals surface area contributed by atoms with Gasteiger partial charge in [0.1, 0.15) is 5.75 Å². The Morgan fingerprint density at radius 3 is 2.62 bits per heavy atom. The van der Waals surface area contributed by atoms with E-state index in [1.165, 1.54) is 29.5 Å². The van der Waals surface area contributed by atoms with Gasteiger partial charge in [0.05, 0.1) is 0 Å². The summed E-state index contributed by atoms with van der Waals surface area (Å²) in [5.74, 6) is 0.716. The third kappa shape index (κ3) is 5.25. The van der Waals surface area contributed by atoms with Crippen LogP contribution in [-0.2, 0) is 24.1 Å². The molecule has 0 aliphatic heterocycles. The first-order valence-corrected chi connectivity index (χ1v) is 9.80. The summed E-state index contributed by atoms with van der Waals surface area (Å²) in [6.45, 7) is 2.44. The quantitative estimate of drug-likeness (QED) is 0.714. The Morgan fingerprint density at radius 2 is 1.85 bits per heavy atom.